The topological polar surface area (TPSA) is 41.7 Å². The van der Waals surface area contributed by atoms with Gasteiger partial charge in [-0.3, -0.25) is 0 Å². The molecule has 2 heterocycles. The molecule has 4 heteroatoms. The first-order chi connectivity index (χ1) is 18.8. The second-order valence-electron chi connectivity index (χ2n) is 9.82. The Labute approximate surface area is 222 Å². The molecule has 182 valence electrons. The average molecular weight is 491 g/mol. The Balaban J connectivity index is 1.36. The lowest BCUT2D eigenvalue weighted by molar-refractivity contribution is 0.695. The van der Waals surface area contributed by atoms with Gasteiger partial charge in [-0.05, 0) is 53.8 Å². The highest BCUT2D eigenvalue weighted by Gasteiger charge is 2.25. The van der Waals surface area contributed by atoms with Crippen LogP contribution in [0.1, 0.15) is 30.6 Å². The molecule has 2 atom stereocenters. The first-order valence-corrected chi connectivity index (χ1v) is 13.0. The van der Waals surface area contributed by atoms with E-state index in [1.54, 1.807) is 0 Å². The van der Waals surface area contributed by atoms with E-state index in [0.29, 0.717) is 5.92 Å². The van der Waals surface area contributed by atoms with Gasteiger partial charge in [-0.25, -0.2) is 9.98 Å². The fourth-order valence-corrected chi connectivity index (χ4v) is 5.43. The molecule has 5 aromatic rings. The fraction of sp³-hybridized carbons (Fsp3) is 0.118. The second-order valence-corrected chi connectivity index (χ2v) is 9.82. The van der Waals surface area contributed by atoms with E-state index in [9.17, 15) is 0 Å². The van der Waals surface area contributed by atoms with E-state index < -0.39 is 0 Å². The second kappa shape index (κ2) is 9.21. The molecule has 4 aromatic carbocycles. The number of hydrogen-bond acceptors (Lipinski definition) is 3. The largest absolute Gasteiger partial charge is 0.325 e. The lowest BCUT2D eigenvalue weighted by Crippen LogP contribution is -2.38. The van der Waals surface area contributed by atoms with E-state index in [4.69, 9.17) is 9.98 Å². The van der Waals surface area contributed by atoms with E-state index in [1.807, 2.05) is 24.3 Å². The molecule has 0 radical (unpaired) electrons. The van der Waals surface area contributed by atoms with E-state index in [2.05, 4.69) is 114 Å². The zero-order valence-corrected chi connectivity index (χ0v) is 21.1. The molecule has 2 unspecified atom stereocenters. The van der Waals surface area contributed by atoms with Crippen LogP contribution in [0.5, 0.6) is 0 Å². The molecule has 4 nitrogen and oxygen atoms in total. The lowest BCUT2D eigenvalue weighted by atomic mass is 9.92. The van der Waals surface area contributed by atoms with Gasteiger partial charge in [0.1, 0.15) is 11.7 Å². The van der Waals surface area contributed by atoms with Crippen LogP contribution < -0.4 is 5.32 Å². The zero-order valence-electron chi connectivity index (χ0n) is 21.1. The minimum Gasteiger partial charge on any atom is -0.325 e. The highest BCUT2D eigenvalue weighted by Crippen LogP contribution is 2.32. The van der Waals surface area contributed by atoms with Crippen LogP contribution in [0.15, 0.2) is 125 Å². The molecule has 38 heavy (non-hydrogen) atoms. The smallest absolute Gasteiger partial charge is 0.169 e. The Kier molecular flexibility index (Phi) is 5.41. The summed E-state index contributed by atoms with van der Waals surface area (Å²) in [6.07, 6.45) is 7.22. The maximum atomic E-state index is 5.09. The molecule has 0 spiro atoms. The number of rotatable bonds is 4. The zero-order chi connectivity index (χ0) is 25.5. The van der Waals surface area contributed by atoms with Gasteiger partial charge in [0.05, 0.1) is 16.4 Å². The molecule has 2 aliphatic rings. The van der Waals surface area contributed by atoms with Crippen LogP contribution in [0.25, 0.3) is 27.5 Å². The number of allylic oxidation sites excluding steroid dienone is 3. The van der Waals surface area contributed by atoms with Crippen molar-refractivity contribution in [3.05, 3.63) is 138 Å². The molecule has 7 rings (SSSR count). The lowest BCUT2D eigenvalue weighted by Gasteiger charge is -2.26. The van der Waals surface area contributed by atoms with Gasteiger partial charge in [0.2, 0.25) is 0 Å². The van der Waals surface area contributed by atoms with Crippen LogP contribution in [0.3, 0.4) is 0 Å². The van der Waals surface area contributed by atoms with Gasteiger partial charge in [0, 0.05) is 16.6 Å². The van der Waals surface area contributed by atoms with Gasteiger partial charge in [-0.2, -0.15) is 0 Å². The Morgan fingerprint density at radius 3 is 2.61 bits per heavy atom. The SMILES string of the molecule is CC1CC=CC=C1C1=NC(c2ccccc2)N=C(c2cccc(-n3c4ccc#cc4c4ccccc43)c2)N1. The van der Waals surface area contributed by atoms with Crippen LogP contribution in [0, 0.1) is 18.1 Å². The summed E-state index contributed by atoms with van der Waals surface area (Å²) in [4.78, 5) is 10.2. The minimum absolute atomic E-state index is 0.302. The Morgan fingerprint density at radius 1 is 0.868 bits per heavy atom. The van der Waals surface area contributed by atoms with Gasteiger partial charge in [-0.15, -0.1) is 0 Å². The molecule has 1 aromatic heterocycles. The summed E-state index contributed by atoms with van der Waals surface area (Å²) in [6.45, 7) is 2.25. The van der Waals surface area contributed by atoms with Crippen molar-refractivity contribution in [1.82, 2.24) is 9.88 Å². The molecule has 0 saturated carbocycles. The summed E-state index contributed by atoms with van der Waals surface area (Å²) in [6, 6.07) is 37.8. The summed E-state index contributed by atoms with van der Waals surface area (Å²) in [5, 5.41) is 5.84. The van der Waals surface area contributed by atoms with Crippen molar-refractivity contribution in [3.63, 3.8) is 0 Å². The fourth-order valence-electron chi connectivity index (χ4n) is 5.43. The monoisotopic (exact) mass is 490 g/mol. The van der Waals surface area contributed by atoms with Gasteiger partial charge < -0.3 is 9.88 Å². The maximum absolute atomic E-state index is 5.09. The van der Waals surface area contributed by atoms with Crippen molar-refractivity contribution in [2.24, 2.45) is 15.9 Å². The number of amidine groups is 2. The number of aromatic nitrogens is 1. The van der Waals surface area contributed by atoms with E-state index in [-0.39, 0.29) is 6.17 Å². The molecule has 0 fully saturated rings. The maximum Gasteiger partial charge on any atom is 0.169 e. The molecule has 1 aliphatic carbocycles. The van der Waals surface area contributed by atoms with Crippen molar-refractivity contribution >= 4 is 33.5 Å². The molecular formula is C34H26N4. The highest BCUT2D eigenvalue weighted by atomic mass is 15.2. The van der Waals surface area contributed by atoms with E-state index in [1.165, 1.54) is 11.0 Å². The van der Waals surface area contributed by atoms with Crippen LogP contribution in [-0.4, -0.2) is 16.2 Å². The predicted molar refractivity (Wildman–Crippen MR) is 156 cm³/mol. The number of benzene rings is 3. The molecular weight excluding hydrogens is 464 g/mol. The summed E-state index contributed by atoms with van der Waals surface area (Å²) >= 11 is 0. The molecule has 0 amide bonds. The van der Waals surface area contributed by atoms with Gasteiger partial charge in [0.15, 0.2) is 6.17 Å². The Morgan fingerprint density at radius 2 is 1.71 bits per heavy atom. The highest BCUT2D eigenvalue weighted by molar-refractivity contribution is 6.16. The standard InChI is InChI=1S/C34H26N4/c1-23-12-5-6-17-27(23)34-36-32(24-13-3-2-4-14-24)35-33(37-34)25-15-11-16-26(22-25)38-30-20-9-7-18-28(30)29-19-8-10-21-31(29)38/h2-7,9-11,13-18,20-23,32H,12H2,1H3,(H,35,36,37). The normalized spacial score (nSPS) is 18.9. The van der Waals surface area contributed by atoms with Crippen molar-refractivity contribution in [3.8, 4) is 5.69 Å². The molecule has 0 saturated heterocycles. The Hall–Kier alpha value is -4.88. The number of hydrogen-bond donors (Lipinski definition) is 1. The van der Waals surface area contributed by atoms with Crippen LogP contribution >= 0.6 is 0 Å². The van der Waals surface area contributed by atoms with Crippen molar-refractivity contribution < 1.29 is 0 Å². The number of nitrogens with zero attached hydrogens (tertiary/aromatic N) is 3. The van der Waals surface area contributed by atoms with Crippen LogP contribution in [0.4, 0.5) is 0 Å². The summed E-state index contributed by atoms with van der Waals surface area (Å²) < 4.78 is 2.29. The molecule has 1 N–H and O–H groups in total. The van der Waals surface area contributed by atoms with Crippen molar-refractivity contribution in [2.45, 2.75) is 19.5 Å². The number of fused-ring (bicyclic) bond motifs is 3. The van der Waals surface area contributed by atoms with Gasteiger partial charge >= 0.3 is 0 Å². The van der Waals surface area contributed by atoms with Gasteiger partial charge in [-0.1, -0.05) is 97.9 Å². The minimum atomic E-state index is -0.302. The Bertz CT molecular complexity index is 1730. The van der Waals surface area contributed by atoms with Crippen LogP contribution in [0.2, 0.25) is 0 Å². The third-order valence-electron chi connectivity index (χ3n) is 7.35. The number of nitrogens with one attached hydrogen (secondary N) is 1. The van der Waals surface area contributed by atoms with E-state index >= 15 is 0 Å². The molecule has 0 bridgehead atoms. The first-order valence-electron chi connectivity index (χ1n) is 13.0. The first kappa shape index (κ1) is 22.3. The summed E-state index contributed by atoms with van der Waals surface area (Å²) in [7, 11) is 0. The quantitative estimate of drug-likeness (QED) is 0.281. The summed E-state index contributed by atoms with van der Waals surface area (Å²) in [5.41, 5.74) is 6.64. The molecule has 1 aliphatic heterocycles. The third-order valence-corrected chi connectivity index (χ3v) is 7.35. The summed E-state index contributed by atoms with van der Waals surface area (Å²) in [5.74, 6) is 2.11. The number of aliphatic imine (C=N–C) groups is 2. The number of para-hydroxylation sites is 1. The predicted octanol–water partition coefficient (Wildman–Crippen LogP) is 7.35. The van der Waals surface area contributed by atoms with Crippen molar-refractivity contribution in [2.75, 3.05) is 0 Å². The van der Waals surface area contributed by atoms with Crippen LogP contribution in [-0.2, 0) is 0 Å². The van der Waals surface area contributed by atoms with E-state index in [0.717, 1.165) is 51.3 Å². The average Bonchev–Trinajstić information content (AvgIpc) is 3.32. The van der Waals surface area contributed by atoms with Crippen molar-refractivity contribution in [1.29, 1.82) is 0 Å². The third kappa shape index (κ3) is 3.81. The van der Waals surface area contributed by atoms with Gasteiger partial charge in [0.25, 0.3) is 0 Å².